The minimum absolute atomic E-state index is 0.102. The fourth-order valence-corrected chi connectivity index (χ4v) is 4.31. The van der Waals surface area contributed by atoms with Gasteiger partial charge >= 0.3 is 5.69 Å². The van der Waals surface area contributed by atoms with Crippen LogP contribution in [0.15, 0.2) is 51.0 Å². The molecule has 2 N–H and O–H groups in total. The van der Waals surface area contributed by atoms with Crippen LogP contribution in [0.2, 0.25) is 0 Å². The normalized spacial score (nSPS) is 11.1. The Bertz CT molecular complexity index is 1350. The molecular weight excluding hydrogens is 442 g/mol. The molecule has 0 atom stereocenters. The molecule has 0 fully saturated rings. The van der Waals surface area contributed by atoms with E-state index in [4.69, 9.17) is 4.42 Å². The average molecular weight is 468 g/mol. The number of nitrogens with one attached hydrogen (secondary N) is 2. The van der Waals surface area contributed by atoms with Crippen LogP contribution in [0.1, 0.15) is 32.4 Å². The molecule has 0 radical (unpaired) electrons. The molecule has 0 unspecified atom stereocenters. The van der Waals surface area contributed by atoms with Gasteiger partial charge in [0.05, 0.1) is 17.6 Å². The first-order valence-electron chi connectivity index (χ1n) is 10.7. The number of benzene rings is 1. The second kappa shape index (κ2) is 9.86. The predicted molar refractivity (Wildman–Crippen MR) is 127 cm³/mol. The van der Waals surface area contributed by atoms with Crippen molar-refractivity contribution in [3.8, 4) is 11.5 Å². The molecule has 0 saturated carbocycles. The number of anilines is 1. The molecule has 0 bridgehead atoms. The van der Waals surface area contributed by atoms with Crippen molar-refractivity contribution in [3.63, 3.8) is 0 Å². The highest BCUT2D eigenvalue weighted by molar-refractivity contribution is 7.14. The number of hydrogen-bond acceptors (Lipinski definition) is 6. The second-order valence-corrected chi connectivity index (χ2v) is 8.44. The lowest BCUT2D eigenvalue weighted by Crippen LogP contribution is -2.26. The number of carbonyl (C=O) groups is 2. The van der Waals surface area contributed by atoms with Gasteiger partial charge in [0, 0.05) is 31.8 Å². The maximum atomic E-state index is 12.8. The van der Waals surface area contributed by atoms with E-state index in [-0.39, 0.29) is 30.5 Å². The number of fused-ring (bicyclic) bond motifs is 1. The maximum absolute atomic E-state index is 12.8. The summed E-state index contributed by atoms with van der Waals surface area (Å²) in [5, 5.41) is 7.72. The Morgan fingerprint density at radius 3 is 2.52 bits per heavy atom. The fourth-order valence-electron chi connectivity index (χ4n) is 3.59. The molecule has 3 aromatic heterocycles. The van der Waals surface area contributed by atoms with E-state index >= 15 is 0 Å². The molecule has 33 heavy (non-hydrogen) atoms. The molecular formula is C23H25N5O4S. The first-order valence-corrected chi connectivity index (χ1v) is 11.6. The summed E-state index contributed by atoms with van der Waals surface area (Å²) in [6.45, 7) is 4.70. The number of furan rings is 1. The fraction of sp³-hybridized carbons (Fsp3) is 0.304. The highest BCUT2D eigenvalue weighted by Crippen LogP contribution is 2.26. The molecule has 0 aliphatic rings. The third-order valence-corrected chi connectivity index (χ3v) is 5.87. The van der Waals surface area contributed by atoms with Gasteiger partial charge in [0.2, 0.25) is 11.8 Å². The van der Waals surface area contributed by atoms with Crippen LogP contribution in [-0.4, -0.2) is 25.9 Å². The largest absolute Gasteiger partial charge is 0.458 e. The molecule has 2 amide bonds. The number of imidazole rings is 1. The second-order valence-electron chi connectivity index (χ2n) is 7.59. The number of hydrogen-bond donors (Lipinski definition) is 2. The van der Waals surface area contributed by atoms with E-state index in [0.717, 1.165) is 17.5 Å². The number of thiazole rings is 1. The molecule has 4 rings (SSSR count). The van der Waals surface area contributed by atoms with E-state index in [2.05, 4.69) is 15.6 Å². The van der Waals surface area contributed by atoms with Crippen molar-refractivity contribution in [2.45, 2.75) is 46.3 Å². The highest BCUT2D eigenvalue weighted by Gasteiger charge is 2.15. The van der Waals surface area contributed by atoms with Crippen LogP contribution in [-0.2, 0) is 29.2 Å². The minimum Gasteiger partial charge on any atom is -0.458 e. The SMILES string of the molecule is CCCn1c(=O)n(CCC(=O)Nc2nc(-c3ccc(CNC(C)=O)o3)cs2)c2ccccc21. The number of rotatable bonds is 9. The summed E-state index contributed by atoms with van der Waals surface area (Å²) in [6, 6.07) is 11.2. The van der Waals surface area contributed by atoms with Gasteiger partial charge in [0.15, 0.2) is 10.9 Å². The third kappa shape index (κ3) is 5.06. The monoisotopic (exact) mass is 467 g/mol. The summed E-state index contributed by atoms with van der Waals surface area (Å²) in [6.07, 6.45) is 1.00. The predicted octanol–water partition coefficient (Wildman–Crippen LogP) is 3.59. The Morgan fingerprint density at radius 1 is 1.09 bits per heavy atom. The van der Waals surface area contributed by atoms with Crippen molar-refractivity contribution < 1.29 is 14.0 Å². The van der Waals surface area contributed by atoms with Gasteiger partial charge in [-0.1, -0.05) is 19.1 Å². The Kier molecular flexibility index (Phi) is 6.74. The minimum atomic E-state index is -0.221. The van der Waals surface area contributed by atoms with E-state index in [1.807, 2.05) is 31.2 Å². The molecule has 0 aliphatic carbocycles. The van der Waals surface area contributed by atoms with Crippen LogP contribution in [0.25, 0.3) is 22.5 Å². The molecule has 1 aromatic carbocycles. The first kappa shape index (κ1) is 22.5. The molecule has 3 heterocycles. The van der Waals surface area contributed by atoms with Gasteiger partial charge in [0.25, 0.3) is 0 Å². The van der Waals surface area contributed by atoms with Crippen molar-refractivity contribution in [2.75, 3.05) is 5.32 Å². The van der Waals surface area contributed by atoms with E-state index in [1.165, 1.54) is 18.3 Å². The number of amides is 2. The molecule has 172 valence electrons. The van der Waals surface area contributed by atoms with Crippen molar-refractivity contribution in [1.29, 1.82) is 0 Å². The molecule has 0 spiro atoms. The van der Waals surface area contributed by atoms with Crippen LogP contribution in [0.4, 0.5) is 5.13 Å². The van der Waals surface area contributed by atoms with Crippen molar-refractivity contribution in [2.24, 2.45) is 0 Å². The Labute approximate surface area is 194 Å². The van der Waals surface area contributed by atoms with Crippen molar-refractivity contribution in [3.05, 3.63) is 58.0 Å². The van der Waals surface area contributed by atoms with E-state index < -0.39 is 0 Å². The lowest BCUT2D eigenvalue weighted by molar-refractivity contribution is -0.119. The van der Waals surface area contributed by atoms with E-state index in [0.29, 0.717) is 35.4 Å². The molecule has 0 saturated heterocycles. The van der Waals surface area contributed by atoms with E-state index in [9.17, 15) is 14.4 Å². The lowest BCUT2D eigenvalue weighted by atomic mass is 10.3. The maximum Gasteiger partial charge on any atom is 0.329 e. The van der Waals surface area contributed by atoms with Gasteiger partial charge in [0.1, 0.15) is 11.5 Å². The Morgan fingerprint density at radius 2 is 1.82 bits per heavy atom. The summed E-state index contributed by atoms with van der Waals surface area (Å²) >= 11 is 1.29. The zero-order valence-electron chi connectivity index (χ0n) is 18.5. The zero-order chi connectivity index (χ0) is 23.4. The Hall–Kier alpha value is -3.66. The summed E-state index contributed by atoms with van der Waals surface area (Å²) in [4.78, 5) is 40.8. The van der Waals surface area contributed by atoms with Gasteiger partial charge in [-0.25, -0.2) is 9.78 Å². The van der Waals surface area contributed by atoms with Crippen molar-refractivity contribution >= 4 is 39.3 Å². The summed E-state index contributed by atoms with van der Waals surface area (Å²) in [5.74, 6) is 0.818. The molecule has 4 aromatic rings. The summed E-state index contributed by atoms with van der Waals surface area (Å²) in [5.41, 5.74) is 2.21. The van der Waals surface area contributed by atoms with Crippen LogP contribution < -0.4 is 16.3 Å². The van der Waals surface area contributed by atoms with E-state index in [1.54, 1.807) is 26.6 Å². The Balaban J connectivity index is 1.40. The van der Waals surface area contributed by atoms with Gasteiger partial charge in [-0.05, 0) is 30.7 Å². The third-order valence-electron chi connectivity index (χ3n) is 5.11. The average Bonchev–Trinajstić information content (AvgIpc) is 3.51. The van der Waals surface area contributed by atoms with Crippen LogP contribution in [0, 0.1) is 0 Å². The van der Waals surface area contributed by atoms with Gasteiger partial charge in [-0.2, -0.15) is 0 Å². The first-order chi connectivity index (χ1) is 16.0. The van der Waals surface area contributed by atoms with Gasteiger partial charge < -0.3 is 15.1 Å². The van der Waals surface area contributed by atoms with Crippen molar-refractivity contribution in [1.82, 2.24) is 19.4 Å². The number of nitrogens with zero attached hydrogens (tertiary/aromatic N) is 3. The molecule has 9 nitrogen and oxygen atoms in total. The smallest absolute Gasteiger partial charge is 0.329 e. The quantitative estimate of drug-likeness (QED) is 0.391. The summed E-state index contributed by atoms with van der Waals surface area (Å²) < 4.78 is 9.10. The van der Waals surface area contributed by atoms with Crippen LogP contribution in [0.5, 0.6) is 0 Å². The summed E-state index contributed by atoms with van der Waals surface area (Å²) in [7, 11) is 0. The molecule has 10 heteroatoms. The zero-order valence-corrected chi connectivity index (χ0v) is 19.3. The van der Waals surface area contributed by atoms with Gasteiger partial charge in [-0.3, -0.25) is 18.7 Å². The van der Waals surface area contributed by atoms with Crippen LogP contribution in [0.3, 0.4) is 0 Å². The van der Waals surface area contributed by atoms with Crippen LogP contribution >= 0.6 is 11.3 Å². The topological polar surface area (TPSA) is 111 Å². The highest BCUT2D eigenvalue weighted by atomic mass is 32.1. The molecule has 0 aliphatic heterocycles. The lowest BCUT2D eigenvalue weighted by Gasteiger charge is -2.04. The standard InChI is InChI=1S/C23H25N5O4S/c1-3-11-27-18-6-4-5-7-19(18)28(23(27)31)12-10-21(30)26-22-25-17(14-33-22)20-9-8-16(32-20)13-24-15(2)29/h4-9,14H,3,10-13H2,1-2H3,(H,24,29)(H,25,26,30). The van der Waals surface area contributed by atoms with Gasteiger partial charge in [-0.15, -0.1) is 11.3 Å². The number of aromatic nitrogens is 3. The number of aryl methyl sites for hydroxylation is 2. The number of para-hydroxylation sites is 2. The number of carbonyl (C=O) groups excluding carboxylic acids is 2.